The molecule has 0 bridgehead atoms. The molecule has 6 heteroatoms. The number of halogens is 1. The van der Waals surface area contributed by atoms with Crippen molar-refractivity contribution in [2.75, 3.05) is 5.32 Å². The zero-order valence-corrected chi connectivity index (χ0v) is 16.5. The topological polar surface area (TPSA) is 59.3 Å². The SMILES string of the molecule is Cc1ccc(-c2nc3ccc(C)cn3c2C(=O)Nc2ccc(Br)cn2)cc1. The third-order valence-electron chi connectivity index (χ3n) is 4.28. The molecule has 0 radical (unpaired) electrons. The van der Waals surface area contributed by atoms with Crippen molar-refractivity contribution in [3.05, 3.63) is 82.2 Å². The van der Waals surface area contributed by atoms with E-state index in [-0.39, 0.29) is 5.91 Å². The minimum Gasteiger partial charge on any atom is -0.305 e. The Morgan fingerprint density at radius 2 is 1.74 bits per heavy atom. The van der Waals surface area contributed by atoms with Crippen LogP contribution >= 0.6 is 15.9 Å². The Bertz CT molecular complexity index is 1130. The maximum absolute atomic E-state index is 13.1. The van der Waals surface area contributed by atoms with E-state index in [4.69, 9.17) is 4.98 Å². The number of imidazole rings is 1. The third-order valence-corrected chi connectivity index (χ3v) is 4.74. The van der Waals surface area contributed by atoms with Crippen molar-refractivity contribution in [1.82, 2.24) is 14.4 Å². The number of fused-ring (bicyclic) bond motifs is 1. The summed E-state index contributed by atoms with van der Waals surface area (Å²) in [7, 11) is 0. The van der Waals surface area contributed by atoms with Crippen molar-refractivity contribution in [3.8, 4) is 11.3 Å². The molecule has 0 aliphatic carbocycles. The number of aromatic nitrogens is 3. The highest BCUT2D eigenvalue weighted by atomic mass is 79.9. The Hall–Kier alpha value is -2.99. The van der Waals surface area contributed by atoms with Gasteiger partial charge in [-0.15, -0.1) is 0 Å². The van der Waals surface area contributed by atoms with Crippen LogP contribution < -0.4 is 5.32 Å². The van der Waals surface area contributed by atoms with Crippen LogP contribution in [0.5, 0.6) is 0 Å². The molecule has 4 rings (SSSR count). The van der Waals surface area contributed by atoms with Crippen molar-refractivity contribution in [2.24, 2.45) is 0 Å². The number of amides is 1. The van der Waals surface area contributed by atoms with Crippen molar-refractivity contribution < 1.29 is 4.79 Å². The number of hydrogen-bond acceptors (Lipinski definition) is 3. The molecule has 1 amide bonds. The van der Waals surface area contributed by atoms with E-state index in [9.17, 15) is 4.79 Å². The maximum Gasteiger partial charge on any atom is 0.276 e. The molecule has 3 heterocycles. The van der Waals surface area contributed by atoms with E-state index in [2.05, 4.69) is 26.2 Å². The molecule has 3 aromatic heterocycles. The van der Waals surface area contributed by atoms with Crippen molar-refractivity contribution in [1.29, 1.82) is 0 Å². The van der Waals surface area contributed by atoms with E-state index in [1.165, 1.54) is 0 Å². The number of nitrogens with one attached hydrogen (secondary N) is 1. The van der Waals surface area contributed by atoms with Crippen LogP contribution in [0, 0.1) is 13.8 Å². The van der Waals surface area contributed by atoms with Crippen molar-refractivity contribution in [3.63, 3.8) is 0 Å². The minimum absolute atomic E-state index is 0.251. The molecule has 5 nitrogen and oxygen atoms in total. The Kier molecular flexibility index (Phi) is 4.49. The molecule has 0 fully saturated rings. The van der Waals surface area contributed by atoms with E-state index in [1.807, 2.05) is 66.9 Å². The molecule has 0 aliphatic heterocycles. The lowest BCUT2D eigenvalue weighted by Crippen LogP contribution is -2.16. The van der Waals surface area contributed by atoms with Gasteiger partial charge in [0.05, 0.1) is 0 Å². The van der Waals surface area contributed by atoms with Crippen molar-refractivity contribution in [2.45, 2.75) is 13.8 Å². The minimum atomic E-state index is -0.251. The predicted octanol–water partition coefficient (Wildman–Crippen LogP) is 5.03. The summed E-state index contributed by atoms with van der Waals surface area (Å²) in [6.45, 7) is 4.02. The van der Waals surface area contributed by atoms with Crippen LogP contribution in [0.1, 0.15) is 21.6 Å². The number of pyridine rings is 2. The molecule has 0 unspecified atom stereocenters. The van der Waals surface area contributed by atoms with Gasteiger partial charge in [-0.05, 0) is 53.5 Å². The molecule has 0 atom stereocenters. The Labute approximate surface area is 165 Å². The zero-order valence-electron chi connectivity index (χ0n) is 14.9. The molecular weight excluding hydrogens is 404 g/mol. The molecule has 0 spiro atoms. The van der Waals surface area contributed by atoms with Crippen LogP contribution in [0.3, 0.4) is 0 Å². The highest BCUT2D eigenvalue weighted by Crippen LogP contribution is 2.26. The fourth-order valence-electron chi connectivity index (χ4n) is 2.91. The first-order chi connectivity index (χ1) is 13.0. The first-order valence-corrected chi connectivity index (χ1v) is 9.29. The molecule has 27 heavy (non-hydrogen) atoms. The van der Waals surface area contributed by atoms with Crippen molar-refractivity contribution >= 4 is 33.3 Å². The number of aryl methyl sites for hydroxylation is 2. The Morgan fingerprint density at radius 1 is 1.00 bits per heavy atom. The van der Waals surface area contributed by atoms with Gasteiger partial charge in [0, 0.05) is 22.4 Å². The Balaban J connectivity index is 1.84. The maximum atomic E-state index is 13.1. The van der Waals surface area contributed by atoms with Gasteiger partial charge in [0.1, 0.15) is 22.9 Å². The van der Waals surface area contributed by atoms with Crippen LogP contribution in [-0.2, 0) is 0 Å². The summed E-state index contributed by atoms with van der Waals surface area (Å²) < 4.78 is 2.69. The third kappa shape index (κ3) is 3.48. The largest absolute Gasteiger partial charge is 0.305 e. The predicted molar refractivity (Wildman–Crippen MR) is 110 cm³/mol. The number of nitrogens with zero attached hydrogens (tertiary/aromatic N) is 3. The van der Waals surface area contributed by atoms with Gasteiger partial charge in [-0.3, -0.25) is 9.20 Å². The van der Waals surface area contributed by atoms with Gasteiger partial charge < -0.3 is 5.32 Å². The van der Waals surface area contributed by atoms with Gasteiger partial charge in [0.15, 0.2) is 0 Å². The summed E-state index contributed by atoms with van der Waals surface area (Å²) in [5, 5.41) is 2.87. The second kappa shape index (κ2) is 6.96. The summed E-state index contributed by atoms with van der Waals surface area (Å²) >= 11 is 3.35. The first-order valence-electron chi connectivity index (χ1n) is 8.50. The van der Waals surface area contributed by atoms with Gasteiger partial charge in [0.2, 0.25) is 0 Å². The summed E-state index contributed by atoms with van der Waals surface area (Å²) in [4.78, 5) is 22.1. The number of benzene rings is 1. The average molecular weight is 421 g/mol. The number of hydrogen-bond donors (Lipinski definition) is 1. The molecule has 0 saturated carbocycles. The number of carbonyl (C=O) groups excluding carboxylic acids is 1. The molecule has 1 N–H and O–H groups in total. The lowest BCUT2D eigenvalue weighted by atomic mass is 10.1. The number of rotatable bonds is 3. The average Bonchev–Trinajstić information content (AvgIpc) is 3.03. The molecule has 134 valence electrons. The molecule has 4 aromatic rings. The smallest absolute Gasteiger partial charge is 0.276 e. The van der Waals surface area contributed by atoms with Crippen LogP contribution in [0.25, 0.3) is 16.9 Å². The van der Waals surface area contributed by atoms with E-state index in [0.717, 1.165) is 26.8 Å². The molecule has 1 aromatic carbocycles. The van der Waals surface area contributed by atoms with E-state index in [0.29, 0.717) is 17.2 Å². The van der Waals surface area contributed by atoms with Gasteiger partial charge in [-0.25, -0.2) is 9.97 Å². The van der Waals surface area contributed by atoms with Crippen LogP contribution in [0.15, 0.2) is 65.4 Å². The first kappa shape index (κ1) is 17.4. The van der Waals surface area contributed by atoms with Crippen LogP contribution in [0.4, 0.5) is 5.82 Å². The summed E-state index contributed by atoms with van der Waals surface area (Å²) in [5.41, 5.74) is 4.97. The highest BCUT2D eigenvalue weighted by Gasteiger charge is 2.21. The Morgan fingerprint density at radius 3 is 2.44 bits per heavy atom. The standard InChI is InChI=1S/C21H17BrN4O/c1-13-3-6-15(7-4-13)19-20(26-12-14(2)5-10-18(26)25-19)21(27)24-17-9-8-16(22)11-23-17/h3-12H,1-2H3,(H,23,24,27). The fourth-order valence-corrected chi connectivity index (χ4v) is 3.14. The highest BCUT2D eigenvalue weighted by molar-refractivity contribution is 9.10. The van der Waals surface area contributed by atoms with Gasteiger partial charge in [-0.1, -0.05) is 35.9 Å². The monoisotopic (exact) mass is 420 g/mol. The molecular formula is C21H17BrN4O. The van der Waals surface area contributed by atoms with Gasteiger partial charge >= 0.3 is 0 Å². The number of carbonyl (C=O) groups is 1. The molecule has 0 aliphatic rings. The second-order valence-corrected chi connectivity index (χ2v) is 7.34. The number of anilines is 1. The quantitative estimate of drug-likeness (QED) is 0.505. The van der Waals surface area contributed by atoms with E-state index >= 15 is 0 Å². The van der Waals surface area contributed by atoms with Gasteiger partial charge in [-0.2, -0.15) is 0 Å². The van der Waals surface area contributed by atoms with Gasteiger partial charge in [0.25, 0.3) is 5.91 Å². The lowest BCUT2D eigenvalue weighted by Gasteiger charge is -2.07. The summed E-state index contributed by atoms with van der Waals surface area (Å²) in [5.74, 6) is 0.235. The van der Waals surface area contributed by atoms with Crippen LogP contribution in [0.2, 0.25) is 0 Å². The summed E-state index contributed by atoms with van der Waals surface area (Å²) in [6, 6.07) is 15.5. The fraction of sp³-hybridized carbons (Fsp3) is 0.0952. The van der Waals surface area contributed by atoms with E-state index in [1.54, 1.807) is 12.3 Å². The summed E-state index contributed by atoms with van der Waals surface area (Å²) in [6.07, 6.45) is 3.57. The molecule has 0 saturated heterocycles. The van der Waals surface area contributed by atoms with Crippen LogP contribution in [-0.4, -0.2) is 20.3 Å². The lowest BCUT2D eigenvalue weighted by molar-refractivity contribution is 0.102. The van der Waals surface area contributed by atoms with E-state index < -0.39 is 0 Å². The normalized spacial score (nSPS) is 10.9. The zero-order chi connectivity index (χ0) is 19.0. The second-order valence-electron chi connectivity index (χ2n) is 6.43.